The topological polar surface area (TPSA) is 81.2 Å². The van der Waals surface area contributed by atoms with Crippen LogP contribution >= 0.6 is 23.4 Å². The van der Waals surface area contributed by atoms with Crippen molar-refractivity contribution in [3.63, 3.8) is 0 Å². The number of hydrogen-bond acceptors (Lipinski definition) is 5. The van der Waals surface area contributed by atoms with Gasteiger partial charge in [-0.05, 0) is 51.0 Å². The van der Waals surface area contributed by atoms with E-state index in [1.54, 1.807) is 63.7 Å². The van der Waals surface area contributed by atoms with Crippen LogP contribution in [0.25, 0.3) is 0 Å². The summed E-state index contributed by atoms with van der Waals surface area (Å²) in [6, 6.07) is 15.0. The molecule has 0 aliphatic carbocycles. The van der Waals surface area contributed by atoms with Crippen LogP contribution in [0.4, 0.5) is 11.4 Å². The molecule has 1 spiro atoms. The summed E-state index contributed by atoms with van der Waals surface area (Å²) in [6.45, 7) is 11.7. The summed E-state index contributed by atoms with van der Waals surface area (Å²) in [4.78, 5) is 48.3. The maximum Gasteiger partial charge on any atom is 0.251 e. The van der Waals surface area contributed by atoms with E-state index >= 15 is 0 Å². The zero-order valence-corrected chi connectivity index (χ0v) is 25.0. The Balaban J connectivity index is 1.62. The minimum Gasteiger partial charge on any atom is -0.394 e. The van der Waals surface area contributed by atoms with Crippen molar-refractivity contribution in [1.82, 2.24) is 4.90 Å². The zero-order chi connectivity index (χ0) is 29.5. The molecule has 2 aromatic rings. The van der Waals surface area contributed by atoms with E-state index in [9.17, 15) is 19.5 Å². The second-order valence-electron chi connectivity index (χ2n) is 11.3. The molecule has 3 aliphatic heterocycles. The van der Waals surface area contributed by atoms with Crippen molar-refractivity contribution in [2.75, 3.05) is 29.5 Å². The molecule has 2 unspecified atom stereocenters. The second kappa shape index (κ2) is 11.3. The molecule has 3 aliphatic rings. The molecule has 3 saturated heterocycles. The van der Waals surface area contributed by atoms with Gasteiger partial charge in [0.05, 0.1) is 39.9 Å². The molecule has 0 radical (unpaired) electrons. The largest absolute Gasteiger partial charge is 0.394 e. The fourth-order valence-corrected chi connectivity index (χ4v) is 9.63. The van der Waals surface area contributed by atoms with Crippen molar-refractivity contribution in [2.24, 2.45) is 11.8 Å². The van der Waals surface area contributed by atoms with Crippen LogP contribution in [0.5, 0.6) is 0 Å². The van der Waals surface area contributed by atoms with Gasteiger partial charge in [0.1, 0.15) is 6.04 Å². The van der Waals surface area contributed by atoms with Gasteiger partial charge < -0.3 is 19.8 Å². The molecular formula is C32H36ClN3O4S. The van der Waals surface area contributed by atoms with Gasteiger partial charge in [-0.2, -0.15) is 0 Å². The van der Waals surface area contributed by atoms with Gasteiger partial charge in [0, 0.05) is 23.5 Å². The van der Waals surface area contributed by atoms with Crippen LogP contribution in [-0.2, 0) is 14.4 Å². The summed E-state index contributed by atoms with van der Waals surface area (Å²) in [5, 5.41) is 10.6. The van der Waals surface area contributed by atoms with E-state index in [0.29, 0.717) is 30.1 Å². The Hall–Kier alpha value is -3.07. The number of halogens is 1. The molecule has 0 aromatic heterocycles. The quantitative estimate of drug-likeness (QED) is 0.395. The molecule has 216 valence electrons. The number of amides is 3. The van der Waals surface area contributed by atoms with E-state index in [1.165, 1.54) is 0 Å². The van der Waals surface area contributed by atoms with Crippen LogP contribution in [0.1, 0.15) is 26.7 Å². The van der Waals surface area contributed by atoms with E-state index in [4.69, 9.17) is 11.6 Å². The summed E-state index contributed by atoms with van der Waals surface area (Å²) >= 11 is 8.15. The van der Waals surface area contributed by atoms with Crippen molar-refractivity contribution < 1.29 is 19.5 Å². The number of carbonyl (C=O) groups excluding carboxylic acids is 3. The van der Waals surface area contributed by atoms with Crippen LogP contribution in [0, 0.1) is 11.8 Å². The van der Waals surface area contributed by atoms with Crippen molar-refractivity contribution in [3.8, 4) is 0 Å². The summed E-state index contributed by atoms with van der Waals surface area (Å²) in [6.07, 6.45) is 4.61. The van der Waals surface area contributed by atoms with Crippen molar-refractivity contribution in [1.29, 1.82) is 0 Å². The SMILES string of the molecule is C=CCN(C(=O)[C@@H]1[C@H]2C(=O)N([C@H](C)CO)C(C(=O)N(CC=C)c3ccccc3Cl)C23CC[C@@]1(C)S3)c1ccccc1. The Morgan fingerprint density at radius 1 is 1.07 bits per heavy atom. The van der Waals surface area contributed by atoms with Crippen molar-refractivity contribution in [2.45, 2.75) is 48.3 Å². The minimum atomic E-state index is -0.882. The standard InChI is InChI=1S/C32H36ClN3O4S/c1-5-18-34(22-12-8-7-9-13-22)28(38)25-26-29(39)36(21(3)20-37)27(32(26)17-16-31(25,4)41-32)30(40)35(19-6-2)24-15-11-10-14-23(24)33/h5-15,21,25-27,37H,1-2,16-20H2,3-4H3/t21-,25+,26+,27?,31-,32?/m1/s1. The van der Waals surface area contributed by atoms with Gasteiger partial charge in [0.2, 0.25) is 11.8 Å². The van der Waals surface area contributed by atoms with Gasteiger partial charge in [0.25, 0.3) is 5.91 Å². The third-order valence-electron chi connectivity index (χ3n) is 8.82. The summed E-state index contributed by atoms with van der Waals surface area (Å²) in [7, 11) is 0. The summed E-state index contributed by atoms with van der Waals surface area (Å²) in [5.74, 6) is -2.05. The molecule has 41 heavy (non-hydrogen) atoms. The van der Waals surface area contributed by atoms with Gasteiger partial charge >= 0.3 is 0 Å². The lowest BCUT2D eigenvalue weighted by Gasteiger charge is -2.39. The monoisotopic (exact) mass is 593 g/mol. The Morgan fingerprint density at radius 2 is 1.71 bits per heavy atom. The average Bonchev–Trinajstić information content (AvgIpc) is 3.55. The van der Waals surface area contributed by atoms with Crippen LogP contribution in [-0.4, -0.2) is 69.0 Å². The number of carbonyl (C=O) groups is 3. The van der Waals surface area contributed by atoms with Crippen LogP contribution in [0.2, 0.25) is 5.02 Å². The highest BCUT2D eigenvalue weighted by Gasteiger charge is 2.78. The predicted molar refractivity (Wildman–Crippen MR) is 165 cm³/mol. The predicted octanol–water partition coefficient (Wildman–Crippen LogP) is 4.94. The molecule has 0 saturated carbocycles. The molecule has 7 nitrogen and oxygen atoms in total. The zero-order valence-electron chi connectivity index (χ0n) is 23.4. The van der Waals surface area contributed by atoms with E-state index < -0.39 is 33.4 Å². The number of para-hydroxylation sites is 2. The minimum absolute atomic E-state index is 0.148. The normalized spacial score (nSPS) is 28.7. The van der Waals surface area contributed by atoms with Crippen molar-refractivity contribution >= 4 is 52.5 Å². The molecule has 3 fully saturated rings. The van der Waals surface area contributed by atoms with Gasteiger partial charge in [-0.15, -0.1) is 24.9 Å². The van der Waals surface area contributed by atoms with Gasteiger partial charge in [0.15, 0.2) is 0 Å². The molecule has 9 heteroatoms. The number of nitrogens with zero attached hydrogens (tertiary/aromatic N) is 3. The van der Waals surface area contributed by atoms with Crippen molar-refractivity contribution in [3.05, 3.63) is 84.9 Å². The van der Waals surface area contributed by atoms with Crippen LogP contribution < -0.4 is 9.80 Å². The number of aliphatic hydroxyl groups excluding tert-OH is 1. The molecule has 2 aromatic carbocycles. The Bertz CT molecular complexity index is 1370. The molecule has 6 atom stereocenters. The maximum absolute atomic E-state index is 14.7. The number of thioether (sulfide) groups is 1. The Kier molecular flexibility index (Phi) is 8.12. The fourth-order valence-electron chi connectivity index (χ4n) is 7.06. The molecule has 3 heterocycles. The van der Waals surface area contributed by atoms with E-state index in [-0.39, 0.29) is 30.9 Å². The number of hydrogen-bond donors (Lipinski definition) is 1. The fraction of sp³-hybridized carbons (Fsp3) is 0.406. The van der Waals surface area contributed by atoms with Crippen LogP contribution in [0.15, 0.2) is 79.9 Å². The highest BCUT2D eigenvalue weighted by molar-refractivity contribution is 8.02. The third kappa shape index (κ3) is 4.60. The molecule has 3 amide bonds. The number of rotatable bonds is 10. The maximum atomic E-state index is 14.7. The summed E-state index contributed by atoms with van der Waals surface area (Å²) in [5.41, 5.74) is 1.26. The first-order valence-electron chi connectivity index (χ1n) is 13.9. The number of anilines is 2. The van der Waals surface area contributed by atoms with Gasteiger partial charge in [-0.1, -0.05) is 54.1 Å². The highest BCUT2D eigenvalue weighted by Crippen LogP contribution is 2.72. The molecule has 2 bridgehead atoms. The van der Waals surface area contributed by atoms with E-state index in [2.05, 4.69) is 20.1 Å². The Morgan fingerprint density at radius 3 is 2.34 bits per heavy atom. The number of benzene rings is 2. The molecule has 1 N–H and O–H groups in total. The smallest absolute Gasteiger partial charge is 0.251 e. The first-order chi connectivity index (χ1) is 19.6. The Labute approximate surface area is 250 Å². The lowest BCUT2D eigenvalue weighted by atomic mass is 9.66. The first kappa shape index (κ1) is 29.4. The second-order valence-corrected chi connectivity index (χ2v) is 13.6. The molecule has 5 rings (SSSR count). The lowest BCUT2D eigenvalue weighted by Crippen LogP contribution is -2.57. The molecular weight excluding hydrogens is 558 g/mol. The van der Waals surface area contributed by atoms with Crippen LogP contribution in [0.3, 0.4) is 0 Å². The number of likely N-dealkylation sites (tertiary alicyclic amines) is 1. The highest BCUT2D eigenvalue weighted by atomic mass is 35.5. The van der Waals surface area contributed by atoms with E-state index in [1.807, 2.05) is 36.4 Å². The lowest BCUT2D eigenvalue weighted by molar-refractivity contribution is -0.142. The number of aliphatic hydroxyl groups is 1. The summed E-state index contributed by atoms with van der Waals surface area (Å²) < 4.78 is -1.36. The van der Waals surface area contributed by atoms with Gasteiger partial charge in [-0.3, -0.25) is 14.4 Å². The average molecular weight is 594 g/mol. The third-order valence-corrected chi connectivity index (χ3v) is 11.1. The van der Waals surface area contributed by atoms with E-state index in [0.717, 1.165) is 5.69 Å². The number of fused-ring (bicyclic) bond motifs is 1. The van der Waals surface area contributed by atoms with Gasteiger partial charge in [-0.25, -0.2) is 0 Å². The first-order valence-corrected chi connectivity index (χ1v) is 15.1.